The molecule has 9 heteroatoms. The number of nitrogens with one attached hydrogen (secondary N) is 1. The van der Waals surface area contributed by atoms with Gasteiger partial charge in [-0.15, -0.1) is 0 Å². The van der Waals surface area contributed by atoms with Gasteiger partial charge in [-0.3, -0.25) is 14.9 Å². The second kappa shape index (κ2) is 7.61. The molecule has 1 N–H and O–H groups in total. The van der Waals surface area contributed by atoms with E-state index < -0.39 is 17.8 Å². The zero-order valence-electron chi connectivity index (χ0n) is 14.7. The van der Waals surface area contributed by atoms with Gasteiger partial charge in [0.15, 0.2) is 0 Å². The molecule has 0 bridgehead atoms. The minimum Gasteiger partial charge on any atom is -0.440 e. The molecule has 1 aromatic heterocycles. The number of rotatable bonds is 3. The lowest BCUT2D eigenvalue weighted by atomic mass is 10.1. The first-order valence-electron chi connectivity index (χ1n) is 8.63. The minimum atomic E-state index is -0.784. The van der Waals surface area contributed by atoms with Crippen LogP contribution in [0.1, 0.15) is 5.76 Å². The van der Waals surface area contributed by atoms with Crippen molar-refractivity contribution in [2.75, 3.05) is 36.1 Å². The molecule has 0 spiro atoms. The number of barbiturate groups is 1. The number of urea groups is 1. The summed E-state index contributed by atoms with van der Waals surface area (Å²) in [5.74, 6) is -0.535. The summed E-state index contributed by atoms with van der Waals surface area (Å²) in [5, 5.41) is 2.19. The van der Waals surface area contributed by atoms with Crippen LogP contribution in [0.4, 0.5) is 16.4 Å². The van der Waals surface area contributed by atoms with Crippen LogP contribution in [0.25, 0.3) is 6.08 Å². The van der Waals surface area contributed by atoms with Crippen LogP contribution in [0, 0.1) is 0 Å². The van der Waals surface area contributed by atoms with Crippen molar-refractivity contribution in [1.82, 2.24) is 5.32 Å². The standard InChI is InChI=1S/C19H16BrN3O5/c20-15-11-13(28-18(15)22-6-8-27-9-7-22)10-14-16(24)21-19(26)23(17(14)25)12-4-2-1-3-5-12/h1-5,10-11H,6-9H2,(H,21,24,26)/b14-10-. The third kappa shape index (κ3) is 3.46. The predicted molar refractivity (Wildman–Crippen MR) is 105 cm³/mol. The third-order valence-electron chi connectivity index (χ3n) is 4.39. The van der Waals surface area contributed by atoms with Crippen molar-refractivity contribution in [3.63, 3.8) is 0 Å². The van der Waals surface area contributed by atoms with E-state index in [1.165, 1.54) is 6.08 Å². The highest BCUT2D eigenvalue weighted by Crippen LogP contribution is 2.32. The van der Waals surface area contributed by atoms with E-state index in [4.69, 9.17) is 9.15 Å². The molecule has 2 aliphatic rings. The summed E-state index contributed by atoms with van der Waals surface area (Å²) in [6.07, 6.45) is 1.34. The molecule has 144 valence electrons. The Hall–Kier alpha value is -2.91. The Morgan fingerprint density at radius 1 is 1.07 bits per heavy atom. The number of carbonyl (C=O) groups is 3. The van der Waals surface area contributed by atoms with E-state index in [1.807, 2.05) is 4.90 Å². The molecule has 28 heavy (non-hydrogen) atoms. The largest absolute Gasteiger partial charge is 0.440 e. The first-order valence-corrected chi connectivity index (χ1v) is 9.42. The maximum atomic E-state index is 12.8. The van der Waals surface area contributed by atoms with Crippen LogP contribution in [0.5, 0.6) is 0 Å². The number of imide groups is 2. The lowest BCUT2D eigenvalue weighted by molar-refractivity contribution is -0.122. The topological polar surface area (TPSA) is 92.1 Å². The van der Waals surface area contributed by atoms with Gasteiger partial charge in [-0.05, 0) is 34.1 Å². The van der Waals surface area contributed by atoms with Crippen molar-refractivity contribution in [3.8, 4) is 0 Å². The molecule has 3 heterocycles. The lowest BCUT2D eigenvalue weighted by Gasteiger charge is -2.26. The summed E-state index contributed by atoms with van der Waals surface area (Å²) < 4.78 is 11.9. The van der Waals surface area contributed by atoms with Crippen molar-refractivity contribution < 1.29 is 23.5 Å². The SMILES string of the molecule is O=C1NC(=O)N(c2ccccc2)C(=O)/C1=C\c1cc(Br)c(N2CCOCC2)o1. The number of ether oxygens (including phenoxy) is 1. The number of hydrogen-bond donors (Lipinski definition) is 1. The maximum absolute atomic E-state index is 12.8. The number of anilines is 2. The second-order valence-electron chi connectivity index (χ2n) is 6.19. The van der Waals surface area contributed by atoms with Crippen molar-refractivity contribution in [2.24, 2.45) is 0 Å². The van der Waals surface area contributed by atoms with E-state index in [0.717, 1.165) is 4.90 Å². The molecule has 1 aromatic carbocycles. The fraction of sp³-hybridized carbons (Fsp3) is 0.211. The van der Waals surface area contributed by atoms with Crippen LogP contribution in [0.2, 0.25) is 0 Å². The van der Waals surface area contributed by atoms with E-state index in [9.17, 15) is 14.4 Å². The van der Waals surface area contributed by atoms with Gasteiger partial charge in [0.05, 0.1) is 23.4 Å². The van der Waals surface area contributed by atoms with Gasteiger partial charge in [0.25, 0.3) is 11.8 Å². The number of halogens is 1. The number of nitrogens with zero attached hydrogens (tertiary/aromatic N) is 2. The quantitative estimate of drug-likeness (QED) is 0.576. The highest BCUT2D eigenvalue weighted by molar-refractivity contribution is 9.10. The highest BCUT2D eigenvalue weighted by atomic mass is 79.9. The molecule has 0 saturated carbocycles. The van der Waals surface area contributed by atoms with Crippen LogP contribution in [-0.4, -0.2) is 44.1 Å². The van der Waals surface area contributed by atoms with Gasteiger partial charge in [-0.1, -0.05) is 18.2 Å². The van der Waals surface area contributed by atoms with Crippen LogP contribution < -0.4 is 15.1 Å². The Kier molecular flexibility index (Phi) is 5.01. The Balaban J connectivity index is 1.65. The maximum Gasteiger partial charge on any atom is 0.335 e. The molecule has 0 atom stereocenters. The highest BCUT2D eigenvalue weighted by Gasteiger charge is 2.37. The van der Waals surface area contributed by atoms with Crippen molar-refractivity contribution in [2.45, 2.75) is 0 Å². The monoisotopic (exact) mass is 445 g/mol. The second-order valence-corrected chi connectivity index (χ2v) is 7.05. The summed E-state index contributed by atoms with van der Waals surface area (Å²) >= 11 is 3.45. The van der Waals surface area contributed by atoms with Gasteiger partial charge < -0.3 is 14.1 Å². The Labute approximate surface area is 168 Å². The number of para-hydroxylation sites is 1. The van der Waals surface area contributed by atoms with E-state index in [2.05, 4.69) is 21.2 Å². The van der Waals surface area contributed by atoms with E-state index >= 15 is 0 Å². The molecule has 2 aromatic rings. The first-order chi connectivity index (χ1) is 13.5. The van der Waals surface area contributed by atoms with Crippen LogP contribution in [0.3, 0.4) is 0 Å². The first kappa shape index (κ1) is 18.5. The van der Waals surface area contributed by atoms with Crippen molar-refractivity contribution in [3.05, 3.63) is 52.2 Å². The predicted octanol–water partition coefficient (Wildman–Crippen LogP) is 2.55. The van der Waals surface area contributed by atoms with Crippen LogP contribution >= 0.6 is 15.9 Å². The van der Waals surface area contributed by atoms with Gasteiger partial charge in [-0.2, -0.15) is 0 Å². The average molecular weight is 446 g/mol. The van der Waals surface area contributed by atoms with E-state index in [-0.39, 0.29) is 5.57 Å². The smallest absolute Gasteiger partial charge is 0.335 e. The molecule has 4 amide bonds. The van der Waals surface area contributed by atoms with Crippen LogP contribution in [0.15, 0.2) is 50.9 Å². The molecular formula is C19H16BrN3O5. The Bertz CT molecular complexity index is 963. The molecule has 0 radical (unpaired) electrons. The summed E-state index contributed by atoms with van der Waals surface area (Å²) in [6, 6.07) is 9.30. The average Bonchev–Trinajstić information content (AvgIpc) is 3.07. The number of furan rings is 1. The number of carbonyl (C=O) groups excluding carboxylic acids is 3. The van der Waals surface area contributed by atoms with Gasteiger partial charge in [0.1, 0.15) is 11.3 Å². The van der Waals surface area contributed by atoms with Gasteiger partial charge in [0, 0.05) is 19.2 Å². The lowest BCUT2D eigenvalue weighted by Crippen LogP contribution is -2.54. The molecule has 4 rings (SSSR count). The Morgan fingerprint density at radius 2 is 1.79 bits per heavy atom. The summed E-state index contributed by atoms with van der Waals surface area (Å²) in [6.45, 7) is 2.55. The fourth-order valence-electron chi connectivity index (χ4n) is 3.04. The summed E-state index contributed by atoms with van der Waals surface area (Å²) in [5.41, 5.74) is 0.191. The molecule has 8 nitrogen and oxygen atoms in total. The molecule has 0 aliphatic carbocycles. The van der Waals surface area contributed by atoms with Gasteiger partial charge in [-0.25, -0.2) is 9.69 Å². The fourth-order valence-corrected chi connectivity index (χ4v) is 3.60. The molecule has 0 unspecified atom stereocenters. The number of morpholine rings is 1. The molecule has 2 fully saturated rings. The van der Waals surface area contributed by atoms with E-state index in [1.54, 1.807) is 36.4 Å². The number of benzene rings is 1. The zero-order chi connectivity index (χ0) is 19.7. The minimum absolute atomic E-state index is 0.182. The van der Waals surface area contributed by atoms with Crippen molar-refractivity contribution in [1.29, 1.82) is 0 Å². The summed E-state index contributed by atoms with van der Waals surface area (Å²) in [4.78, 5) is 40.2. The van der Waals surface area contributed by atoms with Crippen LogP contribution in [-0.2, 0) is 14.3 Å². The van der Waals surface area contributed by atoms with Gasteiger partial charge in [0.2, 0.25) is 5.88 Å². The zero-order valence-corrected chi connectivity index (χ0v) is 16.3. The van der Waals surface area contributed by atoms with E-state index in [0.29, 0.717) is 48.1 Å². The Morgan fingerprint density at radius 3 is 2.50 bits per heavy atom. The normalized spacial score (nSPS) is 19.3. The van der Waals surface area contributed by atoms with Gasteiger partial charge >= 0.3 is 6.03 Å². The number of hydrogen-bond acceptors (Lipinski definition) is 6. The molecule has 2 saturated heterocycles. The molecular weight excluding hydrogens is 430 g/mol. The van der Waals surface area contributed by atoms with Crippen molar-refractivity contribution >= 4 is 51.4 Å². The number of amides is 4. The summed E-state index contributed by atoms with van der Waals surface area (Å²) in [7, 11) is 0. The third-order valence-corrected chi connectivity index (χ3v) is 4.96. The molecule has 2 aliphatic heterocycles.